The molecular formula is C27H30N4O4S. The van der Waals surface area contributed by atoms with E-state index in [9.17, 15) is 9.59 Å². The molecule has 188 valence electrons. The SMILES string of the molecule is COC(=O)C1=C(C)N=C2SC=C(CC(=O)NCCN(C)C)N2C1c1cccc(Oc2ccccc2)c1. The van der Waals surface area contributed by atoms with Gasteiger partial charge in [-0.05, 0) is 56.3 Å². The lowest BCUT2D eigenvalue weighted by molar-refractivity contribution is -0.136. The van der Waals surface area contributed by atoms with Crippen LogP contribution in [-0.4, -0.2) is 61.1 Å². The van der Waals surface area contributed by atoms with E-state index in [4.69, 9.17) is 9.47 Å². The van der Waals surface area contributed by atoms with Crippen LogP contribution in [0.15, 0.2) is 82.0 Å². The maximum Gasteiger partial charge on any atom is 0.338 e. The van der Waals surface area contributed by atoms with Gasteiger partial charge in [0.2, 0.25) is 5.91 Å². The highest BCUT2D eigenvalue weighted by Crippen LogP contribution is 2.45. The lowest BCUT2D eigenvalue weighted by atomic mass is 9.93. The van der Waals surface area contributed by atoms with Crippen molar-refractivity contribution in [1.29, 1.82) is 0 Å². The minimum absolute atomic E-state index is 0.0873. The Kier molecular flexibility index (Phi) is 8.12. The van der Waals surface area contributed by atoms with Crippen molar-refractivity contribution < 1.29 is 19.1 Å². The van der Waals surface area contributed by atoms with Gasteiger partial charge in [-0.2, -0.15) is 0 Å². The number of para-hydroxylation sites is 1. The summed E-state index contributed by atoms with van der Waals surface area (Å²) >= 11 is 1.44. The second-order valence-corrected chi connectivity index (χ2v) is 9.54. The summed E-state index contributed by atoms with van der Waals surface area (Å²) < 4.78 is 11.2. The number of amidine groups is 1. The molecule has 1 unspecified atom stereocenters. The fraction of sp³-hybridized carbons (Fsp3) is 0.296. The van der Waals surface area contributed by atoms with Crippen LogP contribution < -0.4 is 10.1 Å². The van der Waals surface area contributed by atoms with Crippen LogP contribution in [0.1, 0.15) is 24.9 Å². The minimum atomic E-state index is -0.514. The molecule has 9 heteroatoms. The Hall–Kier alpha value is -3.56. The van der Waals surface area contributed by atoms with E-state index < -0.39 is 12.0 Å². The summed E-state index contributed by atoms with van der Waals surface area (Å²) in [6.07, 6.45) is 0.170. The van der Waals surface area contributed by atoms with Gasteiger partial charge in [0.1, 0.15) is 11.5 Å². The number of esters is 1. The van der Waals surface area contributed by atoms with Gasteiger partial charge in [0.05, 0.1) is 30.8 Å². The fourth-order valence-electron chi connectivity index (χ4n) is 4.07. The molecule has 4 rings (SSSR count). The monoisotopic (exact) mass is 506 g/mol. The molecule has 2 heterocycles. The Labute approximate surface area is 215 Å². The highest BCUT2D eigenvalue weighted by atomic mass is 32.2. The van der Waals surface area contributed by atoms with Crippen molar-refractivity contribution in [3.05, 3.63) is 82.5 Å². The number of rotatable bonds is 9. The molecule has 2 aromatic carbocycles. The first-order valence-electron chi connectivity index (χ1n) is 11.6. The fourth-order valence-corrected chi connectivity index (χ4v) is 5.04. The van der Waals surface area contributed by atoms with E-state index >= 15 is 0 Å². The number of ether oxygens (including phenoxy) is 2. The van der Waals surface area contributed by atoms with Gasteiger partial charge in [0.25, 0.3) is 0 Å². The van der Waals surface area contributed by atoms with E-state index in [1.165, 1.54) is 18.9 Å². The number of carbonyl (C=O) groups is 2. The van der Waals surface area contributed by atoms with Crippen LogP contribution in [0, 0.1) is 0 Å². The molecule has 1 atom stereocenters. The number of fused-ring (bicyclic) bond motifs is 1. The second kappa shape index (κ2) is 11.5. The largest absolute Gasteiger partial charge is 0.466 e. The molecule has 0 saturated carbocycles. The number of thioether (sulfide) groups is 1. The molecule has 0 aliphatic carbocycles. The Morgan fingerprint density at radius 2 is 1.86 bits per heavy atom. The minimum Gasteiger partial charge on any atom is -0.466 e. The van der Waals surface area contributed by atoms with E-state index in [1.54, 1.807) is 6.92 Å². The number of allylic oxidation sites excluding steroid dienone is 1. The highest BCUT2D eigenvalue weighted by Gasteiger charge is 2.41. The third kappa shape index (κ3) is 5.80. The number of likely N-dealkylation sites (N-methyl/N-ethyl adjacent to an activating group) is 1. The summed E-state index contributed by atoms with van der Waals surface area (Å²) in [5.41, 5.74) is 2.62. The van der Waals surface area contributed by atoms with Crippen molar-refractivity contribution in [2.75, 3.05) is 34.3 Å². The summed E-state index contributed by atoms with van der Waals surface area (Å²) in [5.74, 6) is 0.813. The number of methoxy groups -OCH3 is 1. The molecular weight excluding hydrogens is 476 g/mol. The maximum absolute atomic E-state index is 12.9. The molecule has 1 amide bonds. The van der Waals surface area contributed by atoms with Crippen molar-refractivity contribution in [2.24, 2.45) is 4.99 Å². The van der Waals surface area contributed by atoms with Gasteiger partial charge in [-0.25, -0.2) is 9.79 Å². The number of carbonyl (C=O) groups excluding carboxylic acids is 2. The van der Waals surface area contributed by atoms with Gasteiger partial charge in [-0.15, -0.1) is 0 Å². The van der Waals surface area contributed by atoms with Crippen LogP contribution >= 0.6 is 11.8 Å². The summed E-state index contributed by atoms with van der Waals surface area (Å²) in [7, 11) is 5.28. The van der Waals surface area contributed by atoms with Crippen LogP contribution in [0.3, 0.4) is 0 Å². The van der Waals surface area contributed by atoms with Crippen LogP contribution in [0.2, 0.25) is 0 Å². The average Bonchev–Trinajstić information content (AvgIpc) is 3.25. The summed E-state index contributed by atoms with van der Waals surface area (Å²) in [5, 5.41) is 5.60. The zero-order valence-electron chi connectivity index (χ0n) is 20.9. The van der Waals surface area contributed by atoms with Crippen LogP contribution in [0.4, 0.5) is 0 Å². The van der Waals surface area contributed by atoms with Gasteiger partial charge >= 0.3 is 5.97 Å². The molecule has 2 aromatic rings. The van der Waals surface area contributed by atoms with Crippen LogP contribution in [0.25, 0.3) is 0 Å². The van der Waals surface area contributed by atoms with E-state index in [0.717, 1.165) is 23.0 Å². The number of nitrogens with zero attached hydrogens (tertiary/aromatic N) is 3. The number of hydrogen-bond donors (Lipinski definition) is 1. The predicted molar refractivity (Wildman–Crippen MR) is 142 cm³/mol. The van der Waals surface area contributed by atoms with Crippen LogP contribution in [-0.2, 0) is 14.3 Å². The van der Waals surface area contributed by atoms with E-state index in [1.807, 2.05) is 83.9 Å². The number of amides is 1. The molecule has 1 N–H and O–H groups in total. The molecule has 36 heavy (non-hydrogen) atoms. The van der Waals surface area contributed by atoms with Gasteiger partial charge < -0.3 is 24.6 Å². The Balaban J connectivity index is 1.65. The molecule has 8 nitrogen and oxygen atoms in total. The highest BCUT2D eigenvalue weighted by molar-refractivity contribution is 8.16. The third-order valence-electron chi connectivity index (χ3n) is 5.78. The lowest BCUT2D eigenvalue weighted by Gasteiger charge is -2.36. The first-order chi connectivity index (χ1) is 17.4. The number of nitrogens with one attached hydrogen (secondary N) is 1. The van der Waals surface area contributed by atoms with Gasteiger partial charge in [0, 0.05) is 18.8 Å². The van der Waals surface area contributed by atoms with Crippen molar-refractivity contribution in [3.8, 4) is 11.5 Å². The zero-order valence-corrected chi connectivity index (χ0v) is 21.7. The standard InChI is InChI=1S/C27H30N4O4S/c1-18-24(26(33)34-4)25(19-9-8-12-22(15-19)35-21-10-6-5-7-11-21)31-20(17-36-27(31)29-18)16-23(32)28-13-14-30(2)3/h5-12,15,17,25H,13-14,16H2,1-4H3,(H,28,32). The number of benzene rings is 2. The second-order valence-electron chi connectivity index (χ2n) is 8.70. The molecule has 0 aromatic heterocycles. The quantitative estimate of drug-likeness (QED) is 0.508. The molecule has 2 aliphatic rings. The Bertz CT molecular complexity index is 1220. The molecule has 0 radical (unpaired) electrons. The van der Waals surface area contributed by atoms with Crippen molar-refractivity contribution in [1.82, 2.24) is 15.1 Å². The zero-order chi connectivity index (χ0) is 25.7. The third-order valence-corrected chi connectivity index (χ3v) is 6.67. The lowest BCUT2D eigenvalue weighted by Crippen LogP contribution is -2.38. The average molecular weight is 507 g/mol. The molecule has 0 bridgehead atoms. The Morgan fingerprint density at radius 1 is 1.11 bits per heavy atom. The van der Waals surface area contributed by atoms with Crippen molar-refractivity contribution in [3.63, 3.8) is 0 Å². The normalized spacial score (nSPS) is 16.9. The Morgan fingerprint density at radius 3 is 2.58 bits per heavy atom. The van der Waals surface area contributed by atoms with Crippen LogP contribution in [0.5, 0.6) is 11.5 Å². The summed E-state index contributed by atoms with van der Waals surface area (Å²) in [4.78, 5) is 34.3. The predicted octanol–water partition coefficient (Wildman–Crippen LogP) is 4.29. The van der Waals surface area contributed by atoms with Gasteiger partial charge in [-0.1, -0.05) is 42.1 Å². The summed E-state index contributed by atoms with van der Waals surface area (Å²) in [6.45, 7) is 3.11. The van der Waals surface area contributed by atoms with E-state index in [0.29, 0.717) is 29.3 Å². The molecule has 0 spiro atoms. The first-order valence-corrected chi connectivity index (χ1v) is 12.5. The van der Waals surface area contributed by atoms with Gasteiger partial charge in [0.15, 0.2) is 5.17 Å². The van der Waals surface area contributed by atoms with E-state index in [-0.39, 0.29) is 12.3 Å². The van der Waals surface area contributed by atoms with Gasteiger partial charge in [-0.3, -0.25) is 4.79 Å². The summed E-state index contributed by atoms with van der Waals surface area (Å²) in [6, 6.07) is 16.6. The smallest absolute Gasteiger partial charge is 0.338 e. The van der Waals surface area contributed by atoms with E-state index in [2.05, 4.69) is 10.3 Å². The van der Waals surface area contributed by atoms with Crippen molar-refractivity contribution >= 4 is 28.8 Å². The molecule has 0 saturated heterocycles. The molecule has 0 fully saturated rings. The number of hydrogen-bond acceptors (Lipinski definition) is 8. The first kappa shape index (κ1) is 25.5. The van der Waals surface area contributed by atoms with Crippen molar-refractivity contribution in [2.45, 2.75) is 19.4 Å². The topological polar surface area (TPSA) is 83.5 Å². The maximum atomic E-state index is 12.9. The molecule has 2 aliphatic heterocycles. The number of aliphatic imine (C=N–C) groups is 1.